The highest BCUT2D eigenvalue weighted by Crippen LogP contribution is 2.37. The number of carbonyl (C=O) groups excluding carboxylic acids is 1. The summed E-state index contributed by atoms with van der Waals surface area (Å²) < 4.78 is 26.1. The van der Waals surface area contributed by atoms with Crippen molar-refractivity contribution >= 4 is 21.6 Å². The first kappa shape index (κ1) is 19.7. The van der Waals surface area contributed by atoms with Crippen molar-refractivity contribution in [1.82, 2.24) is 14.5 Å². The number of nitrogens with zero attached hydrogens (tertiary/aromatic N) is 3. The average molecular weight is 407 g/mol. The van der Waals surface area contributed by atoms with Gasteiger partial charge in [-0.25, -0.2) is 13.1 Å². The minimum atomic E-state index is -3.22. The Hall–Kier alpha value is -1.64. The van der Waals surface area contributed by atoms with E-state index in [4.69, 9.17) is 0 Å². The van der Waals surface area contributed by atoms with Crippen molar-refractivity contribution in [3.8, 4) is 0 Å². The van der Waals surface area contributed by atoms with Crippen molar-refractivity contribution in [2.45, 2.75) is 18.9 Å². The Morgan fingerprint density at radius 2 is 1.57 bits per heavy atom. The van der Waals surface area contributed by atoms with Gasteiger partial charge >= 0.3 is 0 Å². The first-order chi connectivity index (χ1) is 13.3. The standard InChI is InChI=1S/C20H30N4O3S/c1-22-9-11-23(12-10-22)18-7-5-15(6-8-18)20(25)24-13-16-3-4-17(14-24)19(16)21-28(2,26)27/h5-8,16-17,19,21H,3-4,9-14H2,1-2H3/t16-,17+,19?. The fraction of sp³-hybridized carbons (Fsp3) is 0.650. The summed E-state index contributed by atoms with van der Waals surface area (Å²) in [5, 5.41) is 0. The predicted octanol–water partition coefficient (Wildman–Crippen LogP) is 0.838. The quantitative estimate of drug-likeness (QED) is 0.802. The molecule has 3 aliphatic rings. The maximum Gasteiger partial charge on any atom is 0.253 e. The minimum absolute atomic E-state index is 0.0290. The van der Waals surface area contributed by atoms with Crippen LogP contribution in [0.2, 0.25) is 0 Å². The molecule has 2 saturated heterocycles. The van der Waals surface area contributed by atoms with Gasteiger partial charge < -0.3 is 14.7 Å². The van der Waals surface area contributed by atoms with Crippen molar-refractivity contribution in [2.24, 2.45) is 11.8 Å². The van der Waals surface area contributed by atoms with Crippen molar-refractivity contribution < 1.29 is 13.2 Å². The molecule has 2 aliphatic heterocycles. The highest BCUT2D eigenvalue weighted by molar-refractivity contribution is 7.88. The topological polar surface area (TPSA) is 73.0 Å². The monoisotopic (exact) mass is 406 g/mol. The number of sulfonamides is 1. The molecule has 1 N–H and O–H groups in total. The van der Waals surface area contributed by atoms with Gasteiger partial charge in [0.15, 0.2) is 0 Å². The molecule has 1 aromatic rings. The van der Waals surface area contributed by atoms with Gasteiger partial charge in [0.05, 0.1) is 6.26 Å². The lowest BCUT2D eigenvalue weighted by molar-refractivity contribution is 0.0628. The molecule has 2 bridgehead atoms. The summed E-state index contributed by atoms with van der Waals surface area (Å²) in [7, 11) is -1.08. The molecule has 7 nitrogen and oxygen atoms in total. The van der Waals surface area contributed by atoms with E-state index in [0.29, 0.717) is 18.7 Å². The molecule has 1 aliphatic carbocycles. The van der Waals surface area contributed by atoms with Gasteiger partial charge in [0.1, 0.15) is 0 Å². The zero-order valence-corrected chi connectivity index (χ0v) is 17.5. The highest BCUT2D eigenvalue weighted by atomic mass is 32.2. The Balaban J connectivity index is 1.40. The molecule has 154 valence electrons. The number of rotatable bonds is 4. The number of anilines is 1. The molecule has 0 radical (unpaired) electrons. The van der Waals surface area contributed by atoms with Crippen LogP contribution in [0.5, 0.6) is 0 Å². The predicted molar refractivity (Wildman–Crippen MR) is 110 cm³/mol. The third-order valence-electron chi connectivity index (χ3n) is 6.45. The zero-order valence-electron chi connectivity index (χ0n) is 16.7. The molecular formula is C20H30N4O3S. The third kappa shape index (κ3) is 4.18. The van der Waals surface area contributed by atoms with E-state index in [0.717, 1.165) is 39.0 Å². The Morgan fingerprint density at radius 1 is 1.00 bits per heavy atom. The number of carbonyl (C=O) groups is 1. The smallest absolute Gasteiger partial charge is 0.253 e. The zero-order chi connectivity index (χ0) is 19.9. The summed E-state index contributed by atoms with van der Waals surface area (Å²) in [5.74, 6) is 0.476. The largest absolute Gasteiger partial charge is 0.369 e. The molecule has 8 heteroatoms. The molecular weight excluding hydrogens is 376 g/mol. The molecule has 3 atom stereocenters. The minimum Gasteiger partial charge on any atom is -0.369 e. The van der Waals surface area contributed by atoms with Gasteiger partial charge in [-0.1, -0.05) is 0 Å². The number of hydrogen-bond acceptors (Lipinski definition) is 5. The van der Waals surface area contributed by atoms with Crippen LogP contribution >= 0.6 is 0 Å². The lowest BCUT2D eigenvalue weighted by Gasteiger charge is -2.38. The number of nitrogens with one attached hydrogen (secondary N) is 1. The van der Waals surface area contributed by atoms with E-state index in [9.17, 15) is 13.2 Å². The van der Waals surface area contributed by atoms with Crippen LogP contribution in [0, 0.1) is 11.8 Å². The fourth-order valence-corrected chi connectivity index (χ4v) is 5.77. The summed E-state index contributed by atoms with van der Waals surface area (Å²) >= 11 is 0. The van der Waals surface area contributed by atoms with Crippen LogP contribution in [0.25, 0.3) is 0 Å². The number of piperidine rings is 1. The summed E-state index contributed by atoms with van der Waals surface area (Å²) in [6.45, 7) is 5.38. The van der Waals surface area contributed by atoms with Crippen molar-refractivity contribution in [1.29, 1.82) is 0 Å². The summed E-state index contributed by atoms with van der Waals surface area (Å²) in [6.07, 6.45) is 3.17. The van der Waals surface area contributed by atoms with E-state index in [1.54, 1.807) is 0 Å². The molecule has 3 fully saturated rings. The van der Waals surface area contributed by atoms with E-state index in [2.05, 4.69) is 21.6 Å². The van der Waals surface area contributed by atoms with E-state index >= 15 is 0 Å². The molecule has 1 unspecified atom stereocenters. The van der Waals surface area contributed by atoms with Gasteiger partial charge in [-0.2, -0.15) is 0 Å². The Labute approximate surface area is 167 Å². The van der Waals surface area contributed by atoms with Crippen LogP contribution in [0.3, 0.4) is 0 Å². The summed E-state index contributed by atoms with van der Waals surface area (Å²) in [5.41, 5.74) is 1.88. The number of amides is 1. The third-order valence-corrected chi connectivity index (χ3v) is 7.15. The molecule has 1 aromatic carbocycles. The number of benzene rings is 1. The van der Waals surface area contributed by atoms with Crippen LogP contribution in [-0.2, 0) is 10.0 Å². The Morgan fingerprint density at radius 3 is 2.11 bits per heavy atom. The van der Waals surface area contributed by atoms with Gasteiger partial charge in [-0.3, -0.25) is 4.79 Å². The Kier molecular flexibility index (Phi) is 5.37. The Bertz CT molecular complexity index is 804. The van der Waals surface area contributed by atoms with Crippen LogP contribution < -0.4 is 9.62 Å². The molecule has 4 rings (SSSR count). The average Bonchev–Trinajstić information content (AvgIpc) is 2.88. The second-order valence-electron chi connectivity index (χ2n) is 8.56. The molecule has 1 saturated carbocycles. The maximum absolute atomic E-state index is 13.0. The van der Waals surface area contributed by atoms with Crippen LogP contribution in [0.15, 0.2) is 24.3 Å². The molecule has 0 aromatic heterocycles. The summed E-state index contributed by atoms with van der Waals surface area (Å²) in [4.78, 5) is 19.6. The first-order valence-electron chi connectivity index (χ1n) is 10.1. The van der Waals surface area contributed by atoms with E-state index in [-0.39, 0.29) is 23.8 Å². The van der Waals surface area contributed by atoms with E-state index < -0.39 is 10.0 Å². The maximum atomic E-state index is 13.0. The number of likely N-dealkylation sites (tertiary alicyclic amines) is 1. The van der Waals surface area contributed by atoms with Crippen molar-refractivity contribution in [3.63, 3.8) is 0 Å². The normalized spacial score (nSPS) is 28.6. The molecule has 1 amide bonds. The van der Waals surface area contributed by atoms with Crippen molar-refractivity contribution in [3.05, 3.63) is 29.8 Å². The lowest BCUT2D eigenvalue weighted by Crippen LogP contribution is -2.53. The highest BCUT2D eigenvalue weighted by Gasteiger charge is 2.44. The second kappa shape index (κ2) is 7.65. The van der Waals surface area contributed by atoms with Gasteiger partial charge in [0.2, 0.25) is 10.0 Å². The number of fused-ring (bicyclic) bond motifs is 2. The van der Waals surface area contributed by atoms with Gasteiger partial charge in [0, 0.05) is 56.6 Å². The van der Waals surface area contributed by atoms with Crippen LogP contribution in [-0.4, -0.2) is 82.7 Å². The number of hydrogen-bond donors (Lipinski definition) is 1. The lowest BCUT2D eigenvalue weighted by atomic mass is 9.92. The van der Waals surface area contributed by atoms with Gasteiger partial charge in [-0.15, -0.1) is 0 Å². The van der Waals surface area contributed by atoms with Gasteiger partial charge in [0.25, 0.3) is 5.91 Å². The summed E-state index contributed by atoms with van der Waals surface area (Å²) in [6, 6.07) is 7.92. The molecule has 2 heterocycles. The fourth-order valence-electron chi connectivity index (χ4n) is 4.89. The van der Waals surface area contributed by atoms with E-state index in [1.807, 2.05) is 29.2 Å². The van der Waals surface area contributed by atoms with Crippen LogP contribution in [0.1, 0.15) is 23.2 Å². The van der Waals surface area contributed by atoms with Crippen molar-refractivity contribution in [2.75, 3.05) is 57.5 Å². The second-order valence-corrected chi connectivity index (χ2v) is 10.3. The van der Waals surface area contributed by atoms with Gasteiger partial charge in [-0.05, 0) is 56.0 Å². The number of piperazine rings is 1. The van der Waals surface area contributed by atoms with E-state index in [1.165, 1.54) is 11.9 Å². The SMILES string of the molecule is CN1CCN(c2ccc(C(=O)N3C[C@H]4CC[C@@H](C3)C4NS(C)(=O)=O)cc2)CC1. The van der Waals surface area contributed by atoms with Crippen LogP contribution in [0.4, 0.5) is 5.69 Å². The first-order valence-corrected chi connectivity index (χ1v) is 12.0. The molecule has 28 heavy (non-hydrogen) atoms. The number of likely N-dealkylation sites (N-methyl/N-ethyl adjacent to an activating group) is 1. The molecule has 0 spiro atoms.